The van der Waals surface area contributed by atoms with Crippen molar-refractivity contribution in [1.82, 2.24) is 19.3 Å². The van der Waals surface area contributed by atoms with Crippen LogP contribution in [-0.2, 0) is 28.6 Å². The third-order valence-electron chi connectivity index (χ3n) is 6.46. The Kier molecular flexibility index (Phi) is 6.13. The number of sulfonamides is 1. The summed E-state index contributed by atoms with van der Waals surface area (Å²) in [7, 11) is -1.87. The normalized spacial score (nSPS) is 17.3. The standard InChI is InChI=1S/C22H26N4O3S3/c1-26(14-6-3-2-4-7-14)32(28,29)15-10-11-19(23-12-15)30-13-18-24-21(27)20-16-8-5-9-17(16)31-22(20)25-18/h10-12,14H,2-9,13H2,1H3,(H,24,25,27). The lowest BCUT2D eigenvalue weighted by Crippen LogP contribution is -2.38. The summed E-state index contributed by atoms with van der Waals surface area (Å²) in [5.41, 5.74) is 1.11. The second-order valence-corrected chi connectivity index (χ2v) is 12.6. The maximum absolute atomic E-state index is 13.0. The maximum atomic E-state index is 13.0. The van der Waals surface area contributed by atoms with E-state index in [0.29, 0.717) is 16.6 Å². The van der Waals surface area contributed by atoms with Crippen molar-refractivity contribution in [2.75, 3.05) is 7.05 Å². The van der Waals surface area contributed by atoms with Gasteiger partial charge in [-0.2, -0.15) is 4.31 Å². The van der Waals surface area contributed by atoms with Crippen molar-refractivity contribution >= 4 is 43.3 Å². The minimum absolute atomic E-state index is 0.0647. The van der Waals surface area contributed by atoms with Gasteiger partial charge in [0.05, 0.1) is 16.2 Å². The first-order valence-electron chi connectivity index (χ1n) is 11.0. The monoisotopic (exact) mass is 490 g/mol. The van der Waals surface area contributed by atoms with Gasteiger partial charge in [0.2, 0.25) is 10.0 Å². The number of pyridine rings is 1. The lowest BCUT2D eigenvalue weighted by atomic mass is 9.96. The predicted molar refractivity (Wildman–Crippen MR) is 128 cm³/mol. The molecule has 0 bridgehead atoms. The van der Waals surface area contributed by atoms with Crippen molar-refractivity contribution in [2.45, 2.75) is 73.1 Å². The summed E-state index contributed by atoms with van der Waals surface area (Å²) >= 11 is 3.06. The molecule has 3 heterocycles. The van der Waals surface area contributed by atoms with Crippen molar-refractivity contribution in [2.24, 2.45) is 0 Å². The van der Waals surface area contributed by atoms with Crippen LogP contribution in [-0.4, -0.2) is 40.8 Å². The van der Waals surface area contributed by atoms with E-state index in [1.165, 1.54) is 39.1 Å². The van der Waals surface area contributed by atoms with Crippen molar-refractivity contribution < 1.29 is 8.42 Å². The van der Waals surface area contributed by atoms with E-state index >= 15 is 0 Å². The zero-order valence-electron chi connectivity index (χ0n) is 18.0. The first-order valence-corrected chi connectivity index (χ1v) is 14.3. The SMILES string of the molecule is CN(C1CCCCC1)S(=O)(=O)c1ccc(SCc2nc3sc4c(c3c(=O)[nH]2)CCC4)nc1. The van der Waals surface area contributed by atoms with Gasteiger partial charge < -0.3 is 4.98 Å². The Labute approximate surface area is 195 Å². The van der Waals surface area contributed by atoms with Gasteiger partial charge in [-0.25, -0.2) is 18.4 Å². The molecular weight excluding hydrogens is 464 g/mol. The summed E-state index contributed by atoms with van der Waals surface area (Å²) < 4.78 is 27.5. The average molecular weight is 491 g/mol. The van der Waals surface area contributed by atoms with Crippen LogP contribution in [0.25, 0.3) is 10.2 Å². The Morgan fingerprint density at radius 1 is 1.19 bits per heavy atom. The number of hydrogen-bond acceptors (Lipinski definition) is 7. The number of thiophene rings is 1. The fraction of sp³-hybridized carbons (Fsp3) is 0.500. The molecule has 1 saturated carbocycles. The van der Waals surface area contributed by atoms with Gasteiger partial charge in [0.25, 0.3) is 5.56 Å². The van der Waals surface area contributed by atoms with Crippen LogP contribution in [0.4, 0.5) is 0 Å². The molecule has 3 aromatic heterocycles. The minimum atomic E-state index is -3.55. The summed E-state index contributed by atoms with van der Waals surface area (Å²) in [6.45, 7) is 0. The van der Waals surface area contributed by atoms with E-state index in [2.05, 4.69) is 15.0 Å². The van der Waals surface area contributed by atoms with E-state index in [1.54, 1.807) is 30.5 Å². The van der Waals surface area contributed by atoms with Gasteiger partial charge in [-0.15, -0.1) is 11.3 Å². The molecule has 1 N–H and O–H groups in total. The molecule has 2 aliphatic rings. The molecule has 170 valence electrons. The first kappa shape index (κ1) is 22.1. The Hall–Kier alpha value is -1.75. The zero-order valence-corrected chi connectivity index (χ0v) is 20.4. The van der Waals surface area contributed by atoms with Gasteiger partial charge >= 0.3 is 0 Å². The molecule has 32 heavy (non-hydrogen) atoms. The highest BCUT2D eigenvalue weighted by molar-refractivity contribution is 7.98. The van der Waals surface area contributed by atoms with Crippen LogP contribution >= 0.6 is 23.1 Å². The quantitative estimate of drug-likeness (QED) is 0.522. The van der Waals surface area contributed by atoms with Gasteiger partial charge in [-0.3, -0.25) is 4.79 Å². The van der Waals surface area contributed by atoms with Crippen molar-refractivity contribution in [3.05, 3.63) is 44.9 Å². The number of nitrogens with zero attached hydrogens (tertiary/aromatic N) is 3. The smallest absolute Gasteiger partial charge is 0.259 e. The second-order valence-electron chi connectivity index (χ2n) is 8.48. The summed E-state index contributed by atoms with van der Waals surface area (Å²) in [6, 6.07) is 3.41. The van der Waals surface area contributed by atoms with Crippen molar-refractivity contribution in [1.29, 1.82) is 0 Å². The van der Waals surface area contributed by atoms with Gasteiger partial charge in [-0.05, 0) is 49.8 Å². The number of fused-ring (bicyclic) bond motifs is 3. The highest BCUT2D eigenvalue weighted by Gasteiger charge is 2.29. The predicted octanol–water partition coefficient (Wildman–Crippen LogP) is 4.11. The van der Waals surface area contributed by atoms with Crippen LogP contribution in [0.5, 0.6) is 0 Å². The Balaban J connectivity index is 1.28. The largest absolute Gasteiger partial charge is 0.309 e. The van der Waals surface area contributed by atoms with Gasteiger partial charge in [0.1, 0.15) is 15.6 Å². The number of aromatic nitrogens is 3. The summed E-state index contributed by atoms with van der Waals surface area (Å²) in [6.07, 6.45) is 9.71. The summed E-state index contributed by atoms with van der Waals surface area (Å²) in [5, 5.41) is 1.45. The Morgan fingerprint density at radius 2 is 2.00 bits per heavy atom. The molecule has 2 aliphatic carbocycles. The molecule has 0 spiro atoms. The highest BCUT2D eigenvalue weighted by Crippen LogP contribution is 2.35. The molecule has 0 amide bonds. The third-order valence-corrected chi connectivity index (χ3v) is 10.5. The molecular formula is C22H26N4O3S3. The maximum Gasteiger partial charge on any atom is 0.259 e. The van der Waals surface area contributed by atoms with E-state index < -0.39 is 10.0 Å². The molecule has 0 saturated heterocycles. The van der Waals surface area contributed by atoms with E-state index in [0.717, 1.165) is 55.2 Å². The lowest BCUT2D eigenvalue weighted by molar-refractivity contribution is 0.285. The average Bonchev–Trinajstić information content (AvgIpc) is 3.39. The fourth-order valence-corrected chi connectivity index (χ4v) is 8.02. The number of nitrogens with one attached hydrogen (secondary N) is 1. The number of aromatic amines is 1. The number of aryl methyl sites for hydroxylation is 2. The topological polar surface area (TPSA) is 96.0 Å². The fourth-order valence-electron chi connectivity index (χ4n) is 4.67. The molecule has 0 aliphatic heterocycles. The molecule has 0 unspecified atom stereocenters. The van der Waals surface area contributed by atoms with Crippen LogP contribution in [0.2, 0.25) is 0 Å². The molecule has 7 nitrogen and oxygen atoms in total. The zero-order chi connectivity index (χ0) is 22.3. The van der Waals surface area contributed by atoms with Crippen molar-refractivity contribution in [3.63, 3.8) is 0 Å². The molecule has 0 atom stereocenters. The van der Waals surface area contributed by atoms with Crippen LogP contribution in [0, 0.1) is 0 Å². The minimum Gasteiger partial charge on any atom is -0.309 e. The second kappa shape index (κ2) is 8.89. The third kappa shape index (κ3) is 4.13. The van der Waals surface area contributed by atoms with E-state index in [-0.39, 0.29) is 16.5 Å². The van der Waals surface area contributed by atoms with Crippen molar-refractivity contribution in [3.8, 4) is 0 Å². The molecule has 10 heteroatoms. The molecule has 5 rings (SSSR count). The Morgan fingerprint density at radius 3 is 2.75 bits per heavy atom. The summed E-state index contributed by atoms with van der Waals surface area (Å²) in [4.78, 5) is 26.8. The van der Waals surface area contributed by atoms with Gasteiger partial charge in [0.15, 0.2) is 0 Å². The number of thioether (sulfide) groups is 1. The van der Waals surface area contributed by atoms with E-state index in [9.17, 15) is 13.2 Å². The summed E-state index contributed by atoms with van der Waals surface area (Å²) in [5.74, 6) is 1.08. The molecule has 1 fully saturated rings. The van der Waals surface area contributed by atoms with Crippen LogP contribution in [0.1, 0.15) is 54.8 Å². The number of H-pyrrole nitrogens is 1. The Bertz CT molecular complexity index is 1290. The van der Waals surface area contributed by atoms with E-state index in [1.807, 2.05) is 0 Å². The number of hydrogen-bond donors (Lipinski definition) is 1. The molecule has 3 aromatic rings. The lowest BCUT2D eigenvalue weighted by Gasteiger charge is -2.30. The first-order chi connectivity index (χ1) is 15.4. The van der Waals surface area contributed by atoms with Crippen LogP contribution in [0.3, 0.4) is 0 Å². The molecule has 0 aromatic carbocycles. The van der Waals surface area contributed by atoms with Gasteiger partial charge in [0, 0.05) is 24.2 Å². The van der Waals surface area contributed by atoms with Crippen LogP contribution < -0.4 is 5.56 Å². The van der Waals surface area contributed by atoms with Gasteiger partial charge in [-0.1, -0.05) is 31.0 Å². The highest BCUT2D eigenvalue weighted by atomic mass is 32.2. The number of rotatable bonds is 6. The van der Waals surface area contributed by atoms with E-state index in [4.69, 9.17) is 0 Å². The van der Waals surface area contributed by atoms with Crippen LogP contribution in [0.15, 0.2) is 33.0 Å². The molecule has 0 radical (unpaired) electrons.